The molecule has 25 heavy (non-hydrogen) atoms. The Kier molecular flexibility index (Phi) is 6.68. The van der Waals surface area contributed by atoms with Crippen LogP contribution in [0.2, 0.25) is 0 Å². The van der Waals surface area contributed by atoms with Crippen molar-refractivity contribution in [2.24, 2.45) is 10.9 Å². The zero-order chi connectivity index (χ0) is 18.3. The van der Waals surface area contributed by atoms with Crippen LogP contribution in [0.1, 0.15) is 43.7 Å². The predicted molar refractivity (Wildman–Crippen MR) is 90.9 cm³/mol. The van der Waals surface area contributed by atoms with Crippen LogP contribution < -0.4 is 10.6 Å². The van der Waals surface area contributed by atoms with Crippen molar-refractivity contribution in [1.82, 2.24) is 10.6 Å². The van der Waals surface area contributed by atoms with Crippen LogP contribution in [0, 0.1) is 17.2 Å². The molecule has 2 atom stereocenters. The van der Waals surface area contributed by atoms with Gasteiger partial charge in [-0.05, 0) is 43.9 Å². The monoisotopic (exact) mass is 352 g/mol. The molecule has 0 saturated heterocycles. The largest absolute Gasteiger partial charge is 0.391 e. The third-order valence-corrected chi connectivity index (χ3v) is 4.32. The first-order chi connectivity index (χ1) is 11.9. The number of guanidine groups is 1. The van der Waals surface area contributed by atoms with Gasteiger partial charge in [-0.1, -0.05) is 18.6 Å². The van der Waals surface area contributed by atoms with Crippen molar-refractivity contribution in [1.29, 1.82) is 5.26 Å². The molecule has 2 rings (SSSR count). The molecule has 1 aliphatic carbocycles. The van der Waals surface area contributed by atoms with Crippen molar-refractivity contribution in [2.75, 3.05) is 6.54 Å². The summed E-state index contributed by atoms with van der Waals surface area (Å²) in [5.74, 6) is -0.708. The molecule has 1 aliphatic rings. The summed E-state index contributed by atoms with van der Waals surface area (Å²) in [5, 5.41) is 15.0. The van der Waals surface area contributed by atoms with Gasteiger partial charge in [-0.15, -0.1) is 0 Å². The number of hydrogen-bond donors (Lipinski definition) is 2. The van der Waals surface area contributed by atoms with Crippen molar-refractivity contribution in [3.05, 3.63) is 35.4 Å². The van der Waals surface area contributed by atoms with Gasteiger partial charge in [0.15, 0.2) is 5.96 Å². The third-order valence-electron chi connectivity index (χ3n) is 4.32. The molecule has 136 valence electrons. The summed E-state index contributed by atoms with van der Waals surface area (Å²) in [4.78, 5) is 4.45. The predicted octanol–water partition coefficient (Wildman–Crippen LogP) is 3.73. The molecular formula is C18H23F3N4. The molecule has 0 bridgehead atoms. The van der Waals surface area contributed by atoms with E-state index in [-0.39, 0.29) is 18.9 Å². The Hall–Kier alpha value is -2.23. The lowest BCUT2D eigenvalue weighted by atomic mass is 9.85. The summed E-state index contributed by atoms with van der Waals surface area (Å²) < 4.78 is 38.8. The number of benzene rings is 1. The molecular weight excluding hydrogens is 329 g/mol. The number of alkyl halides is 3. The Labute approximate surface area is 146 Å². The number of halogens is 3. The summed E-state index contributed by atoms with van der Waals surface area (Å²) in [6, 6.07) is 8.93. The van der Waals surface area contributed by atoms with Crippen LogP contribution in [0.25, 0.3) is 0 Å². The van der Waals surface area contributed by atoms with Crippen LogP contribution in [0.5, 0.6) is 0 Å². The molecule has 7 heteroatoms. The third kappa shape index (κ3) is 5.96. The van der Waals surface area contributed by atoms with Gasteiger partial charge in [-0.2, -0.15) is 18.4 Å². The van der Waals surface area contributed by atoms with E-state index >= 15 is 0 Å². The zero-order valence-corrected chi connectivity index (χ0v) is 14.2. The second-order valence-corrected chi connectivity index (χ2v) is 6.25. The maximum absolute atomic E-state index is 12.9. The van der Waals surface area contributed by atoms with E-state index in [1.165, 1.54) is 0 Å². The van der Waals surface area contributed by atoms with Gasteiger partial charge in [0, 0.05) is 12.6 Å². The fourth-order valence-corrected chi connectivity index (χ4v) is 2.99. The van der Waals surface area contributed by atoms with Crippen LogP contribution in [-0.2, 0) is 6.54 Å². The molecule has 1 fully saturated rings. The van der Waals surface area contributed by atoms with Gasteiger partial charge in [0.25, 0.3) is 0 Å². The minimum atomic E-state index is -4.13. The highest BCUT2D eigenvalue weighted by Gasteiger charge is 2.42. The van der Waals surface area contributed by atoms with E-state index < -0.39 is 12.1 Å². The van der Waals surface area contributed by atoms with Gasteiger partial charge < -0.3 is 10.6 Å². The fraction of sp³-hybridized carbons (Fsp3) is 0.556. The van der Waals surface area contributed by atoms with Gasteiger partial charge in [0.2, 0.25) is 0 Å². The highest BCUT2D eigenvalue weighted by atomic mass is 19.4. The van der Waals surface area contributed by atoms with E-state index in [2.05, 4.69) is 21.7 Å². The van der Waals surface area contributed by atoms with Crippen molar-refractivity contribution in [2.45, 2.75) is 51.4 Å². The maximum atomic E-state index is 12.9. The molecule has 0 aliphatic heterocycles. The average molecular weight is 352 g/mol. The number of rotatable bonds is 4. The first-order valence-corrected chi connectivity index (χ1v) is 8.53. The van der Waals surface area contributed by atoms with Crippen molar-refractivity contribution < 1.29 is 13.2 Å². The lowest BCUT2D eigenvalue weighted by Gasteiger charge is -2.31. The second kappa shape index (κ2) is 8.75. The van der Waals surface area contributed by atoms with E-state index in [9.17, 15) is 13.2 Å². The Balaban J connectivity index is 1.98. The minimum Gasteiger partial charge on any atom is -0.357 e. The molecule has 2 unspecified atom stereocenters. The van der Waals surface area contributed by atoms with Crippen LogP contribution >= 0.6 is 0 Å². The van der Waals surface area contributed by atoms with E-state index in [4.69, 9.17) is 5.26 Å². The van der Waals surface area contributed by atoms with Crippen molar-refractivity contribution in [3.8, 4) is 6.07 Å². The highest BCUT2D eigenvalue weighted by Crippen LogP contribution is 2.37. The molecule has 0 heterocycles. The Bertz CT molecular complexity index is 617. The molecule has 0 aromatic heterocycles. The Morgan fingerprint density at radius 3 is 2.60 bits per heavy atom. The van der Waals surface area contributed by atoms with Gasteiger partial charge in [-0.25, -0.2) is 4.99 Å². The lowest BCUT2D eigenvalue weighted by molar-refractivity contribution is -0.183. The Morgan fingerprint density at radius 2 is 2.00 bits per heavy atom. The maximum Gasteiger partial charge on any atom is 0.391 e. The van der Waals surface area contributed by atoms with Crippen LogP contribution in [0.15, 0.2) is 29.3 Å². The van der Waals surface area contributed by atoms with E-state index in [1.54, 1.807) is 12.1 Å². The molecule has 1 saturated carbocycles. The molecule has 0 amide bonds. The standard InChI is InChI=1S/C18H23F3N4/c1-2-23-17(24-12-14-8-6-13(11-22)7-9-14)25-16-5-3-4-15(10-16)18(19,20)21/h6-9,15-16H,2-5,10,12H2,1H3,(H2,23,24,25). The second-order valence-electron chi connectivity index (χ2n) is 6.25. The number of hydrogen-bond acceptors (Lipinski definition) is 2. The minimum absolute atomic E-state index is 0.0881. The first kappa shape index (κ1) is 19.1. The van der Waals surface area contributed by atoms with Crippen LogP contribution in [0.3, 0.4) is 0 Å². The summed E-state index contributed by atoms with van der Waals surface area (Å²) in [6.45, 7) is 2.95. The lowest BCUT2D eigenvalue weighted by Crippen LogP contribution is -2.46. The van der Waals surface area contributed by atoms with Crippen LogP contribution in [-0.4, -0.2) is 24.7 Å². The molecule has 1 aromatic carbocycles. The molecule has 1 aromatic rings. The average Bonchev–Trinajstić information content (AvgIpc) is 2.60. The summed E-state index contributed by atoms with van der Waals surface area (Å²) in [5.41, 5.74) is 1.52. The Morgan fingerprint density at radius 1 is 1.28 bits per heavy atom. The van der Waals surface area contributed by atoms with E-state index in [1.807, 2.05) is 19.1 Å². The summed E-state index contributed by atoms with van der Waals surface area (Å²) in [6.07, 6.45) is -2.55. The summed E-state index contributed by atoms with van der Waals surface area (Å²) >= 11 is 0. The quantitative estimate of drug-likeness (QED) is 0.641. The zero-order valence-electron chi connectivity index (χ0n) is 14.2. The topological polar surface area (TPSA) is 60.2 Å². The highest BCUT2D eigenvalue weighted by molar-refractivity contribution is 5.80. The van der Waals surface area contributed by atoms with E-state index in [0.29, 0.717) is 37.5 Å². The number of aliphatic imine (C=N–C) groups is 1. The van der Waals surface area contributed by atoms with Gasteiger partial charge in [0.1, 0.15) is 0 Å². The first-order valence-electron chi connectivity index (χ1n) is 8.53. The molecule has 0 radical (unpaired) electrons. The number of nitrogens with zero attached hydrogens (tertiary/aromatic N) is 2. The number of nitrogens with one attached hydrogen (secondary N) is 2. The normalized spacial score (nSPS) is 21.5. The molecule has 2 N–H and O–H groups in total. The number of nitriles is 1. The smallest absolute Gasteiger partial charge is 0.357 e. The SMILES string of the molecule is CCNC(=NCc1ccc(C#N)cc1)NC1CCCC(C(F)(F)F)C1. The van der Waals surface area contributed by atoms with E-state index in [0.717, 1.165) is 5.56 Å². The van der Waals surface area contributed by atoms with Gasteiger partial charge in [-0.3, -0.25) is 0 Å². The van der Waals surface area contributed by atoms with Crippen LogP contribution in [0.4, 0.5) is 13.2 Å². The molecule has 4 nitrogen and oxygen atoms in total. The molecule has 0 spiro atoms. The van der Waals surface area contributed by atoms with Gasteiger partial charge >= 0.3 is 6.18 Å². The van der Waals surface area contributed by atoms with Crippen molar-refractivity contribution in [3.63, 3.8) is 0 Å². The summed E-state index contributed by atoms with van der Waals surface area (Å²) in [7, 11) is 0. The van der Waals surface area contributed by atoms with Crippen molar-refractivity contribution >= 4 is 5.96 Å². The fourth-order valence-electron chi connectivity index (χ4n) is 2.99. The van der Waals surface area contributed by atoms with Gasteiger partial charge in [0.05, 0.1) is 24.1 Å².